The van der Waals surface area contributed by atoms with Gasteiger partial charge in [0.05, 0.1) is 12.1 Å². The first kappa shape index (κ1) is 28.1. The molecule has 1 fully saturated rings. The number of rotatable bonds is 6. The number of ether oxygens (including phenoxy) is 1. The van der Waals surface area contributed by atoms with Gasteiger partial charge in [0.15, 0.2) is 10.8 Å². The average molecular weight is 608 g/mol. The number of pyridine rings is 1. The number of thiazole rings is 1. The summed E-state index contributed by atoms with van der Waals surface area (Å²) in [7, 11) is 1.48. The maximum absolute atomic E-state index is 13.7. The van der Waals surface area contributed by atoms with E-state index in [2.05, 4.69) is 10.3 Å². The van der Waals surface area contributed by atoms with Crippen molar-refractivity contribution in [2.45, 2.75) is 59.2 Å². The van der Waals surface area contributed by atoms with E-state index in [9.17, 15) is 14.4 Å². The minimum atomic E-state index is -0.679. The van der Waals surface area contributed by atoms with Gasteiger partial charge in [-0.1, -0.05) is 11.6 Å². The number of amides is 1. The Kier molecular flexibility index (Phi) is 6.93. The Hall–Kier alpha value is -4.03. The highest BCUT2D eigenvalue weighted by atomic mass is 35.5. The zero-order valence-electron chi connectivity index (χ0n) is 23.9. The van der Waals surface area contributed by atoms with Gasteiger partial charge in [-0.15, -0.1) is 11.3 Å². The van der Waals surface area contributed by atoms with Crippen LogP contribution in [0.1, 0.15) is 44.1 Å². The molecule has 1 aliphatic carbocycles. The summed E-state index contributed by atoms with van der Waals surface area (Å²) in [4.78, 5) is 49.5. The molecule has 1 N–H and O–H groups in total. The molecule has 1 saturated carbocycles. The molecule has 0 radical (unpaired) electrons. The van der Waals surface area contributed by atoms with Crippen LogP contribution in [0.2, 0.25) is 5.02 Å². The highest BCUT2D eigenvalue weighted by Crippen LogP contribution is 2.36. The molecule has 1 aliphatic rings. The molecule has 4 heterocycles. The van der Waals surface area contributed by atoms with Crippen molar-refractivity contribution in [3.05, 3.63) is 66.8 Å². The number of fused-ring (bicyclic) bond motifs is 2. The van der Waals surface area contributed by atoms with Crippen LogP contribution in [-0.2, 0) is 24.9 Å². The number of carbonyl (C=O) groups is 1. The standard InChI is InChI=1S/C29H30ClN7O4S/c1-15-22(32-26(42-15)33-27(39)41-29(2,3)4)23-21-24(36(13-16-6-7-16)28(40)35(5)25(21)38)34-37(23)14-17-10-11-31-20-9-8-18(30)12-19(17)20/h8-12,16H,6-7,13-14H2,1-5H3,(H,32,33,39). The van der Waals surface area contributed by atoms with Crippen LogP contribution in [0.25, 0.3) is 33.3 Å². The Bertz CT molecular complexity index is 2000. The van der Waals surface area contributed by atoms with Crippen LogP contribution in [0.5, 0.6) is 0 Å². The van der Waals surface area contributed by atoms with E-state index in [1.54, 1.807) is 42.3 Å². The van der Waals surface area contributed by atoms with Crippen molar-refractivity contribution in [3.8, 4) is 11.4 Å². The van der Waals surface area contributed by atoms with Gasteiger partial charge in [-0.3, -0.25) is 28.9 Å². The van der Waals surface area contributed by atoms with E-state index in [-0.39, 0.29) is 6.54 Å². The number of hydrogen-bond acceptors (Lipinski definition) is 8. The number of aromatic nitrogens is 6. The lowest BCUT2D eigenvalue weighted by Gasteiger charge is -2.18. The molecular weight excluding hydrogens is 578 g/mol. The van der Waals surface area contributed by atoms with Gasteiger partial charge in [-0.05, 0) is 76.3 Å². The number of halogens is 1. The van der Waals surface area contributed by atoms with E-state index < -0.39 is 22.9 Å². The minimum absolute atomic E-state index is 0.260. The Morgan fingerprint density at radius 2 is 1.98 bits per heavy atom. The van der Waals surface area contributed by atoms with E-state index in [0.29, 0.717) is 45.0 Å². The van der Waals surface area contributed by atoms with Crippen LogP contribution < -0.4 is 16.6 Å². The molecule has 0 aliphatic heterocycles. The summed E-state index contributed by atoms with van der Waals surface area (Å²) in [6.07, 6.45) is 3.14. The van der Waals surface area contributed by atoms with Gasteiger partial charge in [0.2, 0.25) is 0 Å². The van der Waals surface area contributed by atoms with Crippen molar-refractivity contribution in [1.82, 2.24) is 28.9 Å². The number of nitrogens with one attached hydrogen (secondary N) is 1. The second kappa shape index (κ2) is 10.4. The first-order valence-electron chi connectivity index (χ1n) is 13.6. The predicted molar refractivity (Wildman–Crippen MR) is 164 cm³/mol. The van der Waals surface area contributed by atoms with E-state index in [1.807, 2.05) is 25.1 Å². The van der Waals surface area contributed by atoms with Crippen molar-refractivity contribution in [1.29, 1.82) is 0 Å². The topological polar surface area (TPSA) is 126 Å². The monoisotopic (exact) mass is 607 g/mol. The van der Waals surface area contributed by atoms with Gasteiger partial charge in [0.1, 0.15) is 22.4 Å². The lowest BCUT2D eigenvalue weighted by Crippen LogP contribution is -2.38. The molecule has 13 heteroatoms. The molecule has 6 rings (SSSR count). The number of anilines is 1. The van der Waals surface area contributed by atoms with E-state index in [4.69, 9.17) is 26.4 Å². The fraction of sp³-hybridized carbons (Fsp3) is 0.379. The third-order valence-electron chi connectivity index (χ3n) is 7.11. The summed E-state index contributed by atoms with van der Waals surface area (Å²) in [6, 6.07) is 7.37. The number of aryl methyl sites for hydroxylation is 1. The molecule has 0 spiro atoms. The fourth-order valence-corrected chi connectivity index (χ4v) is 5.95. The second-order valence-corrected chi connectivity index (χ2v) is 13.2. The summed E-state index contributed by atoms with van der Waals surface area (Å²) in [5.41, 5.74) is 1.37. The van der Waals surface area contributed by atoms with Crippen molar-refractivity contribution in [3.63, 3.8) is 0 Å². The highest BCUT2D eigenvalue weighted by Gasteiger charge is 2.29. The molecule has 1 aromatic carbocycles. The summed E-state index contributed by atoms with van der Waals surface area (Å²) >= 11 is 7.60. The van der Waals surface area contributed by atoms with Crippen LogP contribution in [-0.4, -0.2) is 40.6 Å². The number of nitrogens with zero attached hydrogens (tertiary/aromatic N) is 6. The van der Waals surface area contributed by atoms with Crippen LogP contribution in [0.15, 0.2) is 40.1 Å². The van der Waals surface area contributed by atoms with E-state index in [1.165, 1.54) is 18.4 Å². The summed E-state index contributed by atoms with van der Waals surface area (Å²) in [5, 5.41) is 9.63. The smallest absolute Gasteiger partial charge is 0.413 e. The van der Waals surface area contributed by atoms with Gasteiger partial charge in [0.25, 0.3) is 5.56 Å². The first-order chi connectivity index (χ1) is 19.9. The number of carbonyl (C=O) groups excluding carboxylic acids is 1. The van der Waals surface area contributed by atoms with E-state index >= 15 is 0 Å². The SMILES string of the molecule is Cc1sc(NC(=O)OC(C)(C)C)nc1-c1c2c(=O)n(C)c(=O)n(CC3CC3)c2nn1Cc1ccnc2ccc(Cl)cc12. The first-order valence-corrected chi connectivity index (χ1v) is 14.8. The van der Waals surface area contributed by atoms with Gasteiger partial charge in [0, 0.05) is 35.1 Å². The Morgan fingerprint density at radius 3 is 2.69 bits per heavy atom. The molecule has 5 aromatic rings. The summed E-state index contributed by atoms with van der Waals surface area (Å²) < 4.78 is 9.84. The Labute approximate surface area is 249 Å². The van der Waals surface area contributed by atoms with Gasteiger partial charge < -0.3 is 4.74 Å². The number of benzene rings is 1. The lowest BCUT2D eigenvalue weighted by atomic mass is 10.1. The van der Waals surface area contributed by atoms with Gasteiger partial charge in [-0.25, -0.2) is 14.6 Å². The van der Waals surface area contributed by atoms with Crippen LogP contribution >= 0.6 is 22.9 Å². The molecule has 0 unspecified atom stereocenters. The Balaban J connectivity index is 1.56. The third kappa shape index (κ3) is 5.32. The van der Waals surface area contributed by atoms with Gasteiger partial charge >= 0.3 is 11.8 Å². The zero-order chi connectivity index (χ0) is 29.9. The highest BCUT2D eigenvalue weighted by molar-refractivity contribution is 7.16. The quantitative estimate of drug-likeness (QED) is 0.276. The van der Waals surface area contributed by atoms with Crippen molar-refractivity contribution < 1.29 is 9.53 Å². The minimum Gasteiger partial charge on any atom is -0.444 e. The van der Waals surface area contributed by atoms with Crippen LogP contribution in [0.3, 0.4) is 0 Å². The summed E-state index contributed by atoms with van der Waals surface area (Å²) in [5.74, 6) is 0.369. The molecule has 4 aromatic heterocycles. The molecule has 218 valence electrons. The second-order valence-electron chi connectivity index (χ2n) is 11.6. The van der Waals surface area contributed by atoms with Gasteiger partial charge in [-0.2, -0.15) is 5.10 Å². The normalized spacial score (nSPS) is 13.7. The maximum atomic E-state index is 13.7. The zero-order valence-corrected chi connectivity index (χ0v) is 25.5. The summed E-state index contributed by atoms with van der Waals surface area (Å²) in [6.45, 7) is 7.95. The van der Waals surface area contributed by atoms with Crippen LogP contribution in [0, 0.1) is 12.8 Å². The van der Waals surface area contributed by atoms with Crippen molar-refractivity contribution in [2.24, 2.45) is 13.0 Å². The van der Waals surface area contributed by atoms with Crippen molar-refractivity contribution in [2.75, 3.05) is 5.32 Å². The molecule has 0 saturated heterocycles. The third-order valence-corrected chi connectivity index (χ3v) is 8.23. The molecule has 0 bridgehead atoms. The number of hydrogen-bond donors (Lipinski definition) is 1. The maximum Gasteiger partial charge on any atom is 0.413 e. The van der Waals surface area contributed by atoms with E-state index in [0.717, 1.165) is 38.8 Å². The van der Waals surface area contributed by atoms with Crippen LogP contribution in [0.4, 0.5) is 9.93 Å². The molecule has 42 heavy (non-hydrogen) atoms. The molecular formula is C29H30ClN7O4S. The Morgan fingerprint density at radius 1 is 1.21 bits per heavy atom. The lowest BCUT2D eigenvalue weighted by molar-refractivity contribution is 0.0636. The molecule has 1 amide bonds. The molecule has 0 atom stereocenters. The fourth-order valence-electron chi connectivity index (χ4n) is 4.97. The predicted octanol–water partition coefficient (Wildman–Crippen LogP) is 5.34. The van der Waals surface area contributed by atoms with Crippen molar-refractivity contribution >= 4 is 56.1 Å². The average Bonchev–Trinajstić information content (AvgIpc) is 3.56. The molecule has 11 nitrogen and oxygen atoms in total. The largest absolute Gasteiger partial charge is 0.444 e.